The minimum atomic E-state index is -0.568. The molecule has 2 atom stereocenters. The highest BCUT2D eigenvalue weighted by Crippen LogP contribution is 2.26. The van der Waals surface area contributed by atoms with Crippen molar-refractivity contribution in [1.82, 2.24) is 10.2 Å². The zero-order valence-corrected chi connectivity index (χ0v) is 18.2. The van der Waals surface area contributed by atoms with Crippen LogP contribution in [0.3, 0.4) is 0 Å². The number of ether oxygens (including phenoxy) is 2. The maximum atomic E-state index is 10.4. The Morgan fingerprint density at radius 2 is 1.61 bits per heavy atom. The van der Waals surface area contributed by atoms with Crippen molar-refractivity contribution in [2.24, 2.45) is 0 Å². The molecule has 164 valence electrons. The van der Waals surface area contributed by atoms with E-state index in [0.717, 1.165) is 36.5 Å². The molecule has 1 saturated heterocycles. The number of fused-ring (bicyclic) bond motifs is 1. The fourth-order valence-electron chi connectivity index (χ4n) is 4.23. The van der Waals surface area contributed by atoms with Crippen LogP contribution in [-0.4, -0.2) is 56.0 Å². The van der Waals surface area contributed by atoms with Crippen molar-refractivity contribution in [1.29, 1.82) is 0 Å². The van der Waals surface area contributed by atoms with Crippen LogP contribution in [0, 0.1) is 0 Å². The lowest BCUT2D eigenvalue weighted by Crippen LogP contribution is -2.38. The molecule has 0 radical (unpaired) electrons. The van der Waals surface area contributed by atoms with Crippen molar-refractivity contribution < 1.29 is 14.6 Å². The molecule has 2 N–H and O–H groups in total. The molecular weight excluding hydrogens is 388 g/mol. The molecule has 3 aromatic rings. The quantitative estimate of drug-likeness (QED) is 0.519. The van der Waals surface area contributed by atoms with Gasteiger partial charge in [0.25, 0.3) is 0 Å². The fraction of sp³-hybridized carbons (Fsp3) is 0.385. The van der Waals surface area contributed by atoms with Crippen LogP contribution in [0.25, 0.3) is 10.8 Å². The maximum Gasteiger partial charge on any atom is 0.120 e. The highest BCUT2D eigenvalue weighted by atomic mass is 16.5. The van der Waals surface area contributed by atoms with Crippen molar-refractivity contribution in [2.75, 3.05) is 39.9 Å². The Morgan fingerprint density at radius 1 is 0.903 bits per heavy atom. The first-order chi connectivity index (χ1) is 15.2. The first kappa shape index (κ1) is 21.6. The summed E-state index contributed by atoms with van der Waals surface area (Å²) >= 11 is 0. The fourth-order valence-corrected chi connectivity index (χ4v) is 4.23. The summed E-state index contributed by atoms with van der Waals surface area (Å²) in [5.74, 6) is 1.66. The van der Waals surface area contributed by atoms with Gasteiger partial charge in [-0.1, -0.05) is 42.5 Å². The van der Waals surface area contributed by atoms with E-state index in [1.54, 1.807) is 7.11 Å². The number of hydrogen-bond donors (Lipinski definition) is 2. The van der Waals surface area contributed by atoms with Gasteiger partial charge in [0.2, 0.25) is 0 Å². The van der Waals surface area contributed by atoms with Gasteiger partial charge < -0.3 is 19.9 Å². The number of rotatable bonds is 10. The van der Waals surface area contributed by atoms with Crippen molar-refractivity contribution in [3.05, 3.63) is 72.3 Å². The molecule has 0 bridgehead atoms. The van der Waals surface area contributed by atoms with E-state index >= 15 is 0 Å². The Morgan fingerprint density at radius 3 is 2.35 bits per heavy atom. The van der Waals surface area contributed by atoms with E-state index in [1.165, 1.54) is 23.8 Å². The highest BCUT2D eigenvalue weighted by Gasteiger charge is 2.23. The number of nitrogens with zero attached hydrogens (tertiary/aromatic N) is 1. The molecule has 1 aliphatic rings. The van der Waals surface area contributed by atoms with Crippen LogP contribution >= 0.6 is 0 Å². The van der Waals surface area contributed by atoms with Crippen LogP contribution < -0.4 is 14.8 Å². The minimum Gasteiger partial charge on any atom is -0.497 e. The van der Waals surface area contributed by atoms with E-state index in [1.807, 2.05) is 42.5 Å². The molecule has 5 heteroatoms. The molecule has 0 saturated carbocycles. The molecular formula is C26H32N2O3. The van der Waals surface area contributed by atoms with Gasteiger partial charge in [-0.25, -0.2) is 0 Å². The van der Waals surface area contributed by atoms with Gasteiger partial charge in [0.05, 0.1) is 7.11 Å². The highest BCUT2D eigenvalue weighted by molar-refractivity contribution is 5.83. The summed E-state index contributed by atoms with van der Waals surface area (Å²) in [4.78, 5) is 2.52. The number of methoxy groups -OCH3 is 1. The minimum absolute atomic E-state index is 0.266. The zero-order valence-electron chi connectivity index (χ0n) is 18.2. The van der Waals surface area contributed by atoms with E-state index in [2.05, 4.69) is 34.5 Å². The van der Waals surface area contributed by atoms with Gasteiger partial charge in [0.1, 0.15) is 24.2 Å². The van der Waals surface area contributed by atoms with Crippen LogP contribution in [0.5, 0.6) is 11.5 Å². The van der Waals surface area contributed by atoms with E-state index < -0.39 is 6.10 Å². The second-order valence-corrected chi connectivity index (χ2v) is 8.16. The molecule has 1 fully saturated rings. The third-order valence-corrected chi connectivity index (χ3v) is 5.96. The topological polar surface area (TPSA) is 54.0 Å². The first-order valence-electron chi connectivity index (χ1n) is 11.1. The first-order valence-corrected chi connectivity index (χ1v) is 11.1. The Balaban J connectivity index is 1.28. The van der Waals surface area contributed by atoms with Crippen LogP contribution in [0.2, 0.25) is 0 Å². The van der Waals surface area contributed by atoms with Crippen LogP contribution in [0.1, 0.15) is 24.4 Å². The number of aliphatic hydroxyl groups excluding tert-OH is 1. The van der Waals surface area contributed by atoms with E-state index in [-0.39, 0.29) is 6.61 Å². The summed E-state index contributed by atoms with van der Waals surface area (Å²) in [6, 6.07) is 22.8. The summed E-state index contributed by atoms with van der Waals surface area (Å²) in [5, 5.41) is 16.2. The predicted octanol–water partition coefficient (Wildman–Crippen LogP) is 4.01. The molecule has 3 aromatic carbocycles. The van der Waals surface area contributed by atoms with Gasteiger partial charge in [0, 0.05) is 19.1 Å². The normalized spacial score (nSPS) is 16.3. The molecule has 0 spiro atoms. The van der Waals surface area contributed by atoms with Crippen molar-refractivity contribution in [2.45, 2.75) is 25.0 Å². The lowest BCUT2D eigenvalue weighted by molar-refractivity contribution is 0.104. The number of likely N-dealkylation sites (tertiary alicyclic amines) is 1. The lowest BCUT2D eigenvalue weighted by Gasteiger charge is -2.29. The number of benzene rings is 3. The Labute approximate surface area is 184 Å². The van der Waals surface area contributed by atoms with E-state index in [4.69, 9.17) is 9.47 Å². The number of aliphatic hydroxyl groups is 1. The van der Waals surface area contributed by atoms with E-state index in [0.29, 0.717) is 12.6 Å². The van der Waals surface area contributed by atoms with Gasteiger partial charge in [-0.3, -0.25) is 4.90 Å². The molecule has 0 unspecified atom stereocenters. The molecule has 31 heavy (non-hydrogen) atoms. The largest absolute Gasteiger partial charge is 0.497 e. The third kappa shape index (κ3) is 5.76. The lowest BCUT2D eigenvalue weighted by atomic mass is 10.1. The van der Waals surface area contributed by atoms with Crippen LogP contribution in [0.15, 0.2) is 66.7 Å². The SMILES string of the molecule is COc1ccc([C@H](CNC[C@H](O)COc2ccc3ccccc3c2)N2CCCC2)cc1. The maximum absolute atomic E-state index is 10.4. The van der Waals surface area contributed by atoms with Gasteiger partial charge in [-0.05, 0) is 66.5 Å². The van der Waals surface area contributed by atoms with Gasteiger partial charge in [-0.15, -0.1) is 0 Å². The van der Waals surface area contributed by atoms with Gasteiger partial charge >= 0.3 is 0 Å². The standard InChI is InChI=1S/C26H32N2O3/c1-30-24-11-9-21(10-12-24)26(28-14-4-5-15-28)18-27-17-23(29)19-31-25-13-8-20-6-2-3-7-22(20)16-25/h2-3,6-13,16,23,26-27,29H,4-5,14-15,17-19H2,1H3/t23-,26-/m0/s1. The van der Waals surface area contributed by atoms with Crippen molar-refractivity contribution >= 4 is 10.8 Å². The molecule has 0 amide bonds. The van der Waals surface area contributed by atoms with Crippen LogP contribution in [0.4, 0.5) is 0 Å². The molecule has 4 rings (SSSR count). The second kappa shape index (κ2) is 10.6. The Kier molecular flexibility index (Phi) is 7.41. The molecule has 1 heterocycles. The van der Waals surface area contributed by atoms with Crippen molar-refractivity contribution in [3.8, 4) is 11.5 Å². The zero-order chi connectivity index (χ0) is 21.5. The van der Waals surface area contributed by atoms with Crippen LogP contribution in [-0.2, 0) is 0 Å². The monoisotopic (exact) mass is 420 g/mol. The van der Waals surface area contributed by atoms with Crippen molar-refractivity contribution in [3.63, 3.8) is 0 Å². The third-order valence-electron chi connectivity index (χ3n) is 5.96. The predicted molar refractivity (Wildman–Crippen MR) is 125 cm³/mol. The summed E-state index contributed by atoms with van der Waals surface area (Å²) in [5.41, 5.74) is 1.28. The molecule has 1 aliphatic heterocycles. The summed E-state index contributed by atoms with van der Waals surface area (Å²) in [6.07, 6.45) is 1.92. The van der Waals surface area contributed by atoms with E-state index in [9.17, 15) is 5.11 Å². The number of nitrogens with one attached hydrogen (secondary N) is 1. The number of hydrogen-bond acceptors (Lipinski definition) is 5. The van der Waals surface area contributed by atoms with Gasteiger partial charge in [0.15, 0.2) is 0 Å². The molecule has 0 aliphatic carbocycles. The summed E-state index contributed by atoms with van der Waals surface area (Å²) < 4.78 is 11.1. The molecule has 5 nitrogen and oxygen atoms in total. The smallest absolute Gasteiger partial charge is 0.120 e. The summed E-state index contributed by atoms with van der Waals surface area (Å²) in [7, 11) is 1.69. The average Bonchev–Trinajstić information content (AvgIpc) is 3.35. The summed E-state index contributed by atoms with van der Waals surface area (Å²) in [6.45, 7) is 3.79. The Bertz CT molecular complexity index is 954. The second-order valence-electron chi connectivity index (χ2n) is 8.16. The Hall–Kier alpha value is -2.60. The molecule has 0 aromatic heterocycles. The average molecular weight is 421 g/mol. The van der Waals surface area contributed by atoms with Gasteiger partial charge in [-0.2, -0.15) is 0 Å².